The summed E-state index contributed by atoms with van der Waals surface area (Å²) in [5.74, 6) is -0.681. The molecule has 45 heavy (non-hydrogen) atoms. The van der Waals surface area contributed by atoms with E-state index in [1.807, 2.05) is 4.90 Å². The largest absolute Gasteiger partial charge is 0.480 e. The molecule has 0 saturated carbocycles. The Balaban J connectivity index is 0.000000187. The molecule has 4 aliphatic heterocycles. The Morgan fingerprint density at radius 3 is 2.18 bits per heavy atom. The molecule has 2 unspecified atom stereocenters. The van der Waals surface area contributed by atoms with Gasteiger partial charge in [0.2, 0.25) is 5.91 Å². The van der Waals surface area contributed by atoms with Gasteiger partial charge in [-0.1, -0.05) is 44.0 Å². The van der Waals surface area contributed by atoms with Crippen LogP contribution in [-0.4, -0.2) is 76.7 Å². The van der Waals surface area contributed by atoms with Crippen LogP contribution >= 0.6 is 45.4 Å². The maximum absolute atomic E-state index is 12.3. The molecule has 9 nitrogen and oxygen atoms in total. The number of carbonyl (C=O) groups is 3. The fourth-order valence-electron chi connectivity index (χ4n) is 5.83. The second-order valence-corrected chi connectivity index (χ2v) is 14.4. The number of halogens is 2. The first-order valence-corrected chi connectivity index (χ1v) is 17.0. The van der Waals surface area contributed by atoms with E-state index in [1.54, 1.807) is 20.8 Å². The minimum Gasteiger partial charge on any atom is -0.480 e. The maximum Gasteiger partial charge on any atom is 0.411 e. The van der Waals surface area contributed by atoms with E-state index in [0.29, 0.717) is 13.0 Å². The van der Waals surface area contributed by atoms with Gasteiger partial charge in [-0.3, -0.25) is 9.69 Å². The normalized spacial score (nSPS) is 20.3. The molecule has 12 heteroatoms. The molecule has 2 aromatic carbocycles. The molecule has 2 fully saturated rings. The molecule has 0 aliphatic carbocycles. The Morgan fingerprint density at radius 1 is 0.889 bits per heavy atom. The number of ether oxygens (including phenoxy) is 1. The summed E-state index contributed by atoms with van der Waals surface area (Å²) in [6, 6.07) is 12.2. The fraction of sp³-hybridized carbons (Fsp3) is 0.545. The molecular weight excluding hydrogens is 724 g/mol. The highest BCUT2D eigenvalue weighted by Gasteiger charge is 2.36. The average Bonchev–Trinajstić information content (AvgIpc) is 3.70. The molecule has 6 rings (SSSR count). The SMILES string of the molecule is Brc1ccc2c(c1)CCNC2.CC(C)(C)OC(=O)N1CCCC1C(=O)O.O=C(C1CCCN1)N1CCc2cc(Br)ccc2C1.S. The molecule has 0 bridgehead atoms. The van der Waals surface area contributed by atoms with Crippen LogP contribution < -0.4 is 10.6 Å². The van der Waals surface area contributed by atoms with Crippen molar-refractivity contribution in [1.29, 1.82) is 0 Å². The molecule has 0 aromatic heterocycles. The quantitative estimate of drug-likeness (QED) is 0.356. The monoisotopic (exact) mass is 768 g/mol. The van der Waals surface area contributed by atoms with Crippen molar-refractivity contribution in [3.63, 3.8) is 0 Å². The maximum atomic E-state index is 12.3. The summed E-state index contributed by atoms with van der Waals surface area (Å²) in [4.78, 5) is 38.1. The Hall–Kier alpha value is -2.12. The van der Waals surface area contributed by atoms with Crippen LogP contribution in [0.15, 0.2) is 45.3 Å². The zero-order chi connectivity index (χ0) is 31.9. The van der Waals surface area contributed by atoms with Crippen LogP contribution in [-0.2, 0) is 40.3 Å². The third-order valence-corrected chi connectivity index (χ3v) is 9.06. The number of likely N-dealkylation sites (tertiary alicyclic amines) is 1. The predicted octanol–water partition coefficient (Wildman–Crippen LogP) is 5.76. The Morgan fingerprint density at radius 2 is 1.56 bits per heavy atom. The lowest BCUT2D eigenvalue weighted by molar-refractivity contribution is -0.142. The van der Waals surface area contributed by atoms with Crippen LogP contribution in [0.2, 0.25) is 0 Å². The van der Waals surface area contributed by atoms with Crippen molar-refractivity contribution in [2.24, 2.45) is 0 Å². The van der Waals surface area contributed by atoms with Gasteiger partial charge in [-0.05, 0) is 119 Å². The van der Waals surface area contributed by atoms with E-state index in [-0.39, 0.29) is 25.4 Å². The Kier molecular flexibility index (Phi) is 14.2. The minimum absolute atomic E-state index is 0. The van der Waals surface area contributed by atoms with E-state index >= 15 is 0 Å². The number of rotatable bonds is 2. The zero-order valence-electron chi connectivity index (χ0n) is 26.3. The minimum atomic E-state index is -0.960. The summed E-state index contributed by atoms with van der Waals surface area (Å²) >= 11 is 6.97. The second kappa shape index (κ2) is 17.2. The van der Waals surface area contributed by atoms with Crippen LogP contribution in [0.3, 0.4) is 0 Å². The van der Waals surface area contributed by atoms with Gasteiger partial charge in [0.05, 0.1) is 6.04 Å². The van der Waals surface area contributed by atoms with Gasteiger partial charge in [-0.15, -0.1) is 0 Å². The van der Waals surface area contributed by atoms with Crippen LogP contribution in [0.1, 0.15) is 68.7 Å². The van der Waals surface area contributed by atoms with Crippen molar-refractivity contribution in [2.75, 3.05) is 26.2 Å². The van der Waals surface area contributed by atoms with Gasteiger partial charge in [0.1, 0.15) is 11.6 Å². The Labute approximate surface area is 290 Å². The number of aliphatic carboxylic acids is 1. The van der Waals surface area contributed by atoms with E-state index in [9.17, 15) is 14.4 Å². The van der Waals surface area contributed by atoms with Crippen molar-refractivity contribution in [3.8, 4) is 0 Å². The van der Waals surface area contributed by atoms with Gasteiger partial charge >= 0.3 is 12.1 Å². The van der Waals surface area contributed by atoms with Gasteiger partial charge in [0.15, 0.2) is 0 Å². The van der Waals surface area contributed by atoms with Gasteiger partial charge in [0, 0.05) is 35.1 Å². The lowest BCUT2D eigenvalue weighted by Gasteiger charge is -2.31. The molecule has 2 amide bonds. The lowest BCUT2D eigenvalue weighted by atomic mass is 9.99. The van der Waals surface area contributed by atoms with E-state index < -0.39 is 23.7 Å². The van der Waals surface area contributed by atoms with E-state index in [1.165, 1.54) is 31.6 Å². The molecule has 0 spiro atoms. The first-order valence-electron chi connectivity index (χ1n) is 15.4. The predicted molar refractivity (Wildman–Crippen MR) is 188 cm³/mol. The molecule has 3 N–H and O–H groups in total. The molecule has 0 radical (unpaired) electrons. The van der Waals surface area contributed by atoms with E-state index in [4.69, 9.17) is 9.84 Å². The van der Waals surface area contributed by atoms with Crippen LogP contribution in [0.5, 0.6) is 0 Å². The van der Waals surface area contributed by atoms with Crippen molar-refractivity contribution in [1.82, 2.24) is 20.4 Å². The summed E-state index contributed by atoms with van der Waals surface area (Å²) in [6.45, 7) is 10.5. The average molecular weight is 771 g/mol. The van der Waals surface area contributed by atoms with Crippen LogP contribution in [0, 0.1) is 0 Å². The summed E-state index contributed by atoms with van der Waals surface area (Å²) < 4.78 is 7.44. The fourth-order valence-corrected chi connectivity index (χ4v) is 6.65. The Bertz CT molecular complexity index is 1330. The first kappa shape index (κ1) is 37.3. The van der Waals surface area contributed by atoms with E-state index in [2.05, 4.69) is 78.9 Å². The van der Waals surface area contributed by atoms with Gasteiger partial charge in [0.25, 0.3) is 0 Å². The molecule has 2 atom stereocenters. The van der Waals surface area contributed by atoms with Crippen molar-refractivity contribution in [3.05, 3.63) is 67.6 Å². The van der Waals surface area contributed by atoms with E-state index in [0.717, 1.165) is 69.3 Å². The van der Waals surface area contributed by atoms with Crippen molar-refractivity contribution >= 4 is 63.3 Å². The number of benzene rings is 2. The topological polar surface area (TPSA) is 111 Å². The van der Waals surface area contributed by atoms with Crippen molar-refractivity contribution in [2.45, 2.75) is 90.1 Å². The second-order valence-electron chi connectivity index (χ2n) is 12.6. The molecule has 4 heterocycles. The zero-order valence-corrected chi connectivity index (χ0v) is 30.5. The number of hydrogen-bond acceptors (Lipinski definition) is 6. The van der Waals surface area contributed by atoms with Gasteiger partial charge < -0.3 is 25.4 Å². The number of carboxylic acid groups (broad SMARTS) is 1. The molecule has 248 valence electrons. The van der Waals surface area contributed by atoms with Crippen molar-refractivity contribution < 1.29 is 24.2 Å². The lowest BCUT2D eigenvalue weighted by Crippen LogP contribution is -2.45. The number of nitrogens with zero attached hydrogens (tertiary/aromatic N) is 2. The molecule has 2 aromatic rings. The standard InChI is InChI=1S/C14H17BrN2O.C10H17NO4.C9H10BrN.H2S/c15-12-4-3-11-9-17(7-5-10(11)8-12)14(18)13-2-1-6-16-13;1-10(2,3)15-9(14)11-6-4-5-7(11)8(12)13;10-9-2-1-8-6-11-4-3-7(8)5-9;/h3-4,8,13,16H,1-2,5-7,9H2;7H,4-6H2,1-3H3,(H,12,13);1-2,5,11H,3-4,6H2;1H2. The summed E-state index contributed by atoms with van der Waals surface area (Å²) in [5, 5.41) is 15.5. The highest BCUT2D eigenvalue weighted by atomic mass is 79.9. The third-order valence-electron chi connectivity index (χ3n) is 8.07. The van der Waals surface area contributed by atoms with Gasteiger partial charge in [-0.2, -0.15) is 13.5 Å². The number of hydrogen-bond donors (Lipinski definition) is 3. The summed E-state index contributed by atoms with van der Waals surface area (Å²) in [7, 11) is 0. The smallest absolute Gasteiger partial charge is 0.411 e. The number of fused-ring (bicyclic) bond motifs is 2. The van der Waals surface area contributed by atoms with Crippen LogP contribution in [0.4, 0.5) is 4.79 Å². The number of nitrogens with one attached hydrogen (secondary N) is 2. The highest BCUT2D eigenvalue weighted by Crippen LogP contribution is 2.24. The highest BCUT2D eigenvalue weighted by molar-refractivity contribution is 9.10. The summed E-state index contributed by atoms with van der Waals surface area (Å²) in [5.41, 5.74) is 5.00. The number of amides is 2. The summed E-state index contributed by atoms with van der Waals surface area (Å²) in [6.07, 6.45) is 4.93. The molecule has 2 saturated heterocycles. The molecular formula is C33H46Br2N4O5S. The number of carbonyl (C=O) groups excluding carboxylic acids is 2. The van der Waals surface area contributed by atoms with Gasteiger partial charge in [-0.25, -0.2) is 9.59 Å². The first-order chi connectivity index (χ1) is 20.9. The number of carboxylic acids is 1. The van der Waals surface area contributed by atoms with Crippen LogP contribution in [0.25, 0.3) is 0 Å². The third kappa shape index (κ3) is 11.0. The molecule has 4 aliphatic rings.